The highest BCUT2D eigenvalue weighted by Crippen LogP contribution is 2.44. The monoisotopic (exact) mass is 323 g/mol. The smallest absolute Gasteiger partial charge is 0.133 e. The second kappa shape index (κ2) is 8.65. The summed E-state index contributed by atoms with van der Waals surface area (Å²) in [6, 6.07) is 1.81. The molecule has 2 rings (SSSR count). The van der Waals surface area contributed by atoms with E-state index in [1.807, 2.05) is 20.2 Å². The van der Waals surface area contributed by atoms with E-state index in [-0.39, 0.29) is 19.1 Å². The maximum Gasteiger partial charge on any atom is 0.133 e. The van der Waals surface area contributed by atoms with E-state index in [0.717, 1.165) is 38.2 Å². The van der Waals surface area contributed by atoms with Crippen molar-refractivity contribution in [3.63, 3.8) is 0 Å². The summed E-state index contributed by atoms with van der Waals surface area (Å²) in [4.78, 5) is 11.0. The Bertz CT molecular complexity index is 459. The van der Waals surface area contributed by atoms with Crippen LogP contribution < -0.4 is 5.43 Å². The summed E-state index contributed by atoms with van der Waals surface area (Å²) in [6.07, 6.45) is 6.40. The first-order chi connectivity index (χ1) is 11.1. The maximum absolute atomic E-state index is 10.3. The lowest BCUT2D eigenvalue weighted by Gasteiger charge is -2.44. The van der Waals surface area contributed by atoms with Gasteiger partial charge in [0.15, 0.2) is 0 Å². The number of likely N-dealkylation sites (N-methyl/N-ethyl adjacent to an activating group) is 1. The predicted octanol–water partition coefficient (Wildman–Crippen LogP) is -0.164. The molecule has 1 fully saturated rings. The summed E-state index contributed by atoms with van der Waals surface area (Å²) in [7, 11) is 4.06. The molecule has 3 N–H and O–H groups in total. The minimum atomic E-state index is -0.424. The summed E-state index contributed by atoms with van der Waals surface area (Å²) in [5.41, 5.74) is 2.88. The highest BCUT2D eigenvalue weighted by atomic mass is 16.3. The number of hydrogen-bond acceptors (Lipinski definition) is 7. The first-order valence-corrected chi connectivity index (χ1v) is 8.28. The van der Waals surface area contributed by atoms with Crippen LogP contribution in [0, 0.1) is 0 Å². The zero-order valence-electron chi connectivity index (χ0n) is 14.1. The van der Waals surface area contributed by atoms with Crippen LogP contribution in [-0.4, -0.2) is 82.6 Å². The van der Waals surface area contributed by atoms with Crippen molar-refractivity contribution in [3.8, 4) is 0 Å². The van der Waals surface area contributed by atoms with Crippen molar-refractivity contribution in [2.24, 2.45) is 0 Å². The molecule has 7 nitrogen and oxygen atoms in total. The van der Waals surface area contributed by atoms with Gasteiger partial charge < -0.3 is 15.1 Å². The third-order valence-corrected chi connectivity index (χ3v) is 4.65. The molecule has 0 aliphatic heterocycles. The van der Waals surface area contributed by atoms with E-state index in [1.54, 1.807) is 12.4 Å². The molecule has 130 valence electrons. The molecule has 1 saturated carbocycles. The quantitative estimate of drug-likeness (QED) is 0.544. The fraction of sp³-hybridized carbons (Fsp3) is 0.750. The van der Waals surface area contributed by atoms with E-state index in [4.69, 9.17) is 0 Å². The second-order valence-electron chi connectivity index (χ2n) is 6.40. The minimum absolute atomic E-state index is 0.0434. The van der Waals surface area contributed by atoms with Gasteiger partial charge in [-0.15, -0.1) is 0 Å². The largest absolute Gasteiger partial charge is 0.395 e. The topological polar surface area (TPSA) is 84.8 Å². The van der Waals surface area contributed by atoms with Gasteiger partial charge in [0.1, 0.15) is 5.82 Å². The van der Waals surface area contributed by atoms with Crippen LogP contribution in [0.3, 0.4) is 0 Å². The standard InChI is InChI=1S/C16H29N5O2/c1-20(2)10-11-21(19-9-12-22)16(13-23)6-3-5-14(16)15-17-7-4-8-18-15/h4,7-8,14,19,22-23H,3,5-6,9-13H2,1-2H3. The Labute approximate surface area is 138 Å². The normalized spacial score (nSPS) is 24.7. The summed E-state index contributed by atoms with van der Waals surface area (Å²) in [6.45, 7) is 2.20. The van der Waals surface area contributed by atoms with Gasteiger partial charge in [-0.2, -0.15) is 0 Å². The zero-order chi connectivity index (χ0) is 16.7. The first kappa shape index (κ1) is 18.2. The molecule has 2 atom stereocenters. The number of rotatable bonds is 9. The molecule has 7 heteroatoms. The molecule has 2 unspecified atom stereocenters. The van der Waals surface area contributed by atoms with E-state index in [2.05, 4.69) is 25.3 Å². The molecule has 0 spiro atoms. The molecule has 1 aliphatic rings. The van der Waals surface area contributed by atoms with Crippen molar-refractivity contribution < 1.29 is 10.2 Å². The van der Waals surface area contributed by atoms with Crippen LogP contribution in [0.25, 0.3) is 0 Å². The van der Waals surface area contributed by atoms with Gasteiger partial charge in [-0.25, -0.2) is 15.0 Å². The lowest BCUT2D eigenvalue weighted by Crippen LogP contribution is -2.61. The van der Waals surface area contributed by atoms with Crippen LogP contribution in [0.4, 0.5) is 0 Å². The molecule has 0 saturated heterocycles. The van der Waals surface area contributed by atoms with Gasteiger partial charge in [0.25, 0.3) is 0 Å². The first-order valence-electron chi connectivity index (χ1n) is 8.28. The Morgan fingerprint density at radius 2 is 2.00 bits per heavy atom. The van der Waals surface area contributed by atoms with Gasteiger partial charge in [0, 0.05) is 37.9 Å². The van der Waals surface area contributed by atoms with Gasteiger partial charge >= 0.3 is 0 Å². The number of aromatic nitrogens is 2. The summed E-state index contributed by atoms with van der Waals surface area (Å²) in [5.74, 6) is 0.877. The molecule has 0 bridgehead atoms. The zero-order valence-corrected chi connectivity index (χ0v) is 14.1. The fourth-order valence-corrected chi connectivity index (χ4v) is 3.46. The maximum atomic E-state index is 10.3. The third kappa shape index (κ3) is 4.24. The van der Waals surface area contributed by atoms with E-state index >= 15 is 0 Å². The summed E-state index contributed by atoms with van der Waals surface area (Å²) in [5, 5.41) is 21.6. The van der Waals surface area contributed by atoms with Crippen LogP contribution in [-0.2, 0) is 0 Å². The van der Waals surface area contributed by atoms with E-state index in [9.17, 15) is 10.2 Å². The molecule has 1 aromatic heterocycles. The predicted molar refractivity (Wildman–Crippen MR) is 88.8 cm³/mol. The molecular formula is C16H29N5O2. The Morgan fingerprint density at radius 1 is 1.26 bits per heavy atom. The average Bonchev–Trinajstić information content (AvgIpc) is 3.00. The van der Waals surface area contributed by atoms with Crippen LogP contribution in [0.2, 0.25) is 0 Å². The second-order valence-corrected chi connectivity index (χ2v) is 6.40. The van der Waals surface area contributed by atoms with Gasteiger partial charge in [-0.05, 0) is 33.0 Å². The highest BCUT2D eigenvalue weighted by Gasteiger charge is 2.49. The van der Waals surface area contributed by atoms with Gasteiger partial charge in [-0.3, -0.25) is 5.43 Å². The molecule has 1 heterocycles. The number of nitrogens with zero attached hydrogens (tertiary/aromatic N) is 4. The number of aliphatic hydroxyl groups excluding tert-OH is 2. The van der Waals surface area contributed by atoms with Crippen molar-refractivity contribution in [3.05, 3.63) is 24.3 Å². The SMILES string of the molecule is CN(C)CCN(NCCO)C1(CO)CCCC1c1ncccn1. The van der Waals surface area contributed by atoms with Crippen molar-refractivity contribution in [1.29, 1.82) is 0 Å². The Balaban J connectivity index is 2.25. The number of nitrogens with one attached hydrogen (secondary N) is 1. The van der Waals surface area contributed by atoms with E-state index < -0.39 is 5.54 Å². The molecule has 0 aromatic carbocycles. The lowest BCUT2D eigenvalue weighted by molar-refractivity contribution is -0.0253. The molecular weight excluding hydrogens is 294 g/mol. The molecule has 1 aliphatic carbocycles. The molecule has 1 aromatic rings. The fourth-order valence-electron chi connectivity index (χ4n) is 3.46. The van der Waals surface area contributed by atoms with E-state index in [1.165, 1.54) is 0 Å². The average molecular weight is 323 g/mol. The van der Waals surface area contributed by atoms with Crippen LogP contribution in [0.5, 0.6) is 0 Å². The van der Waals surface area contributed by atoms with Crippen LogP contribution in [0.15, 0.2) is 18.5 Å². The molecule has 0 radical (unpaired) electrons. The van der Waals surface area contributed by atoms with Crippen molar-refractivity contribution in [2.45, 2.75) is 30.7 Å². The van der Waals surface area contributed by atoms with Gasteiger partial charge in [0.2, 0.25) is 0 Å². The molecule has 0 amide bonds. The lowest BCUT2D eigenvalue weighted by atomic mass is 9.86. The Morgan fingerprint density at radius 3 is 2.61 bits per heavy atom. The van der Waals surface area contributed by atoms with Crippen LogP contribution in [0.1, 0.15) is 31.0 Å². The molecule has 23 heavy (non-hydrogen) atoms. The van der Waals surface area contributed by atoms with Gasteiger partial charge in [-0.1, -0.05) is 6.42 Å². The number of hydrogen-bond donors (Lipinski definition) is 3. The number of aliphatic hydroxyl groups is 2. The van der Waals surface area contributed by atoms with Crippen molar-refractivity contribution in [2.75, 3.05) is 46.9 Å². The Hall–Kier alpha value is -1.12. The Kier molecular flexibility index (Phi) is 6.86. The van der Waals surface area contributed by atoms with E-state index in [0.29, 0.717) is 6.54 Å². The highest BCUT2D eigenvalue weighted by molar-refractivity contribution is 5.14. The minimum Gasteiger partial charge on any atom is -0.395 e. The van der Waals surface area contributed by atoms with Gasteiger partial charge in [0.05, 0.1) is 18.8 Å². The van der Waals surface area contributed by atoms with Crippen LogP contribution >= 0.6 is 0 Å². The van der Waals surface area contributed by atoms with Crippen molar-refractivity contribution >= 4 is 0 Å². The number of hydrazine groups is 1. The van der Waals surface area contributed by atoms with Crippen molar-refractivity contribution in [1.82, 2.24) is 25.3 Å². The summed E-state index contributed by atoms with van der Waals surface area (Å²) >= 11 is 0. The summed E-state index contributed by atoms with van der Waals surface area (Å²) < 4.78 is 0. The third-order valence-electron chi connectivity index (χ3n) is 4.65.